The predicted octanol–water partition coefficient (Wildman–Crippen LogP) is -0.117. The van der Waals surface area contributed by atoms with Crippen LogP contribution in [0.15, 0.2) is 18.2 Å². The quantitative estimate of drug-likeness (QED) is 0.434. The molecular formula is C19H26N4O6S. The first kappa shape index (κ1) is 22.3. The molecule has 0 saturated carbocycles. The van der Waals surface area contributed by atoms with E-state index in [0.717, 1.165) is 4.31 Å². The number of piperazine rings is 1. The standard InChI is InChI=1S/C19H26N4O6S/c1-20(2)30(27,28)22-10-8-21(9-11-22)17(24)14-5-6-15-16(13-14)19(26)23(18(15)25)7-4-12-29-3/h5-6,13H,4,7-12H2,1-3H3. The molecule has 1 aromatic rings. The zero-order chi connectivity index (χ0) is 22.1. The lowest BCUT2D eigenvalue weighted by Crippen LogP contribution is -2.53. The smallest absolute Gasteiger partial charge is 0.281 e. The van der Waals surface area contributed by atoms with Crippen molar-refractivity contribution in [2.75, 3.05) is 60.5 Å². The third kappa shape index (κ3) is 4.10. The number of nitrogens with zero attached hydrogens (tertiary/aromatic N) is 4. The largest absolute Gasteiger partial charge is 0.385 e. The molecule has 164 valence electrons. The second-order valence-electron chi connectivity index (χ2n) is 7.35. The average molecular weight is 439 g/mol. The molecule has 1 aromatic carbocycles. The van der Waals surface area contributed by atoms with Crippen LogP contribution in [0.1, 0.15) is 37.5 Å². The second-order valence-corrected chi connectivity index (χ2v) is 9.49. The summed E-state index contributed by atoms with van der Waals surface area (Å²) in [4.78, 5) is 40.7. The van der Waals surface area contributed by atoms with Gasteiger partial charge in [0.15, 0.2) is 0 Å². The van der Waals surface area contributed by atoms with Gasteiger partial charge in [-0.3, -0.25) is 19.3 Å². The van der Waals surface area contributed by atoms with Gasteiger partial charge in [-0.2, -0.15) is 17.0 Å². The Hall–Kier alpha value is -2.34. The van der Waals surface area contributed by atoms with Crippen molar-refractivity contribution in [3.63, 3.8) is 0 Å². The molecule has 0 radical (unpaired) electrons. The van der Waals surface area contributed by atoms with E-state index in [0.29, 0.717) is 18.6 Å². The van der Waals surface area contributed by atoms with Crippen molar-refractivity contribution < 1.29 is 27.5 Å². The summed E-state index contributed by atoms with van der Waals surface area (Å²) in [6.07, 6.45) is 0.536. The molecule has 3 amide bonds. The molecule has 1 fully saturated rings. The Kier molecular flexibility index (Phi) is 6.56. The third-order valence-electron chi connectivity index (χ3n) is 5.26. The molecule has 0 N–H and O–H groups in total. The van der Waals surface area contributed by atoms with E-state index in [1.165, 1.54) is 41.5 Å². The van der Waals surface area contributed by atoms with Crippen molar-refractivity contribution in [2.45, 2.75) is 6.42 Å². The van der Waals surface area contributed by atoms with Crippen LogP contribution in [0.2, 0.25) is 0 Å². The number of ether oxygens (including phenoxy) is 1. The lowest BCUT2D eigenvalue weighted by Gasteiger charge is -2.35. The first-order valence-electron chi connectivity index (χ1n) is 9.64. The monoisotopic (exact) mass is 438 g/mol. The van der Waals surface area contributed by atoms with Gasteiger partial charge in [-0.25, -0.2) is 0 Å². The lowest BCUT2D eigenvalue weighted by atomic mass is 10.0. The fourth-order valence-corrected chi connectivity index (χ4v) is 4.62. The first-order valence-corrected chi connectivity index (χ1v) is 11.0. The number of methoxy groups -OCH3 is 1. The summed E-state index contributed by atoms with van der Waals surface area (Å²) in [5.41, 5.74) is 0.811. The van der Waals surface area contributed by atoms with E-state index in [1.54, 1.807) is 12.0 Å². The fourth-order valence-electron chi connectivity index (χ4n) is 3.53. The van der Waals surface area contributed by atoms with Crippen molar-refractivity contribution in [1.82, 2.24) is 18.4 Å². The maximum absolute atomic E-state index is 12.9. The molecular weight excluding hydrogens is 412 g/mol. The van der Waals surface area contributed by atoms with Crippen LogP contribution in [0.3, 0.4) is 0 Å². The Morgan fingerprint density at radius 1 is 1.07 bits per heavy atom. The van der Waals surface area contributed by atoms with Gasteiger partial charge in [-0.05, 0) is 24.6 Å². The van der Waals surface area contributed by atoms with Crippen LogP contribution in [0.4, 0.5) is 0 Å². The number of imide groups is 1. The molecule has 0 unspecified atom stereocenters. The number of amides is 3. The molecule has 3 rings (SSSR count). The van der Waals surface area contributed by atoms with Gasteiger partial charge in [0.1, 0.15) is 0 Å². The number of carbonyl (C=O) groups is 3. The number of fused-ring (bicyclic) bond motifs is 1. The van der Waals surface area contributed by atoms with Gasteiger partial charge >= 0.3 is 0 Å². The van der Waals surface area contributed by atoms with Crippen molar-refractivity contribution in [3.8, 4) is 0 Å². The Bertz CT molecular complexity index is 954. The summed E-state index contributed by atoms with van der Waals surface area (Å²) in [5, 5.41) is 0. The van der Waals surface area contributed by atoms with Crippen LogP contribution in [0.5, 0.6) is 0 Å². The Balaban J connectivity index is 1.70. The molecule has 2 heterocycles. The minimum atomic E-state index is -3.52. The number of rotatable bonds is 7. The van der Waals surface area contributed by atoms with E-state index >= 15 is 0 Å². The number of hydrogen-bond donors (Lipinski definition) is 0. The van der Waals surface area contributed by atoms with Gasteiger partial charge in [0.2, 0.25) is 0 Å². The zero-order valence-electron chi connectivity index (χ0n) is 17.3. The minimum Gasteiger partial charge on any atom is -0.385 e. The predicted molar refractivity (Wildman–Crippen MR) is 108 cm³/mol. The van der Waals surface area contributed by atoms with Crippen LogP contribution < -0.4 is 0 Å². The Morgan fingerprint density at radius 2 is 1.70 bits per heavy atom. The molecule has 0 spiro atoms. The fraction of sp³-hybridized carbons (Fsp3) is 0.526. The summed E-state index contributed by atoms with van der Waals surface area (Å²) in [5.74, 6) is -1.08. The molecule has 2 aliphatic heterocycles. The topological polar surface area (TPSA) is 108 Å². The maximum Gasteiger partial charge on any atom is 0.281 e. The summed E-state index contributed by atoms with van der Waals surface area (Å²) in [6.45, 7) is 1.58. The molecule has 0 aliphatic carbocycles. The van der Waals surface area contributed by atoms with Crippen molar-refractivity contribution in [1.29, 1.82) is 0 Å². The van der Waals surface area contributed by atoms with Crippen LogP contribution in [-0.4, -0.2) is 105 Å². The van der Waals surface area contributed by atoms with E-state index in [9.17, 15) is 22.8 Å². The highest BCUT2D eigenvalue weighted by atomic mass is 32.2. The molecule has 0 aromatic heterocycles. The van der Waals surface area contributed by atoms with E-state index in [1.807, 2.05) is 0 Å². The number of hydrogen-bond acceptors (Lipinski definition) is 6. The van der Waals surface area contributed by atoms with E-state index in [-0.39, 0.29) is 55.7 Å². The second kappa shape index (κ2) is 8.80. The van der Waals surface area contributed by atoms with Gasteiger partial charge in [-0.1, -0.05) is 0 Å². The van der Waals surface area contributed by atoms with Gasteiger partial charge in [0, 0.05) is 66.1 Å². The van der Waals surface area contributed by atoms with E-state index in [4.69, 9.17) is 4.74 Å². The maximum atomic E-state index is 12.9. The normalized spacial score (nSPS) is 17.7. The molecule has 30 heavy (non-hydrogen) atoms. The third-order valence-corrected chi connectivity index (χ3v) is 7.20. The highest BCUT2D eigenvalue weighted by Crippen LogP contribution is 2.25. The summed E-state index contributed by atoms with van der Waals surface area (Å²) in [7, 11) is 0.966. The molecule has 2 aliphatic rings. The first-order chi connectivity index (χ1) is 14.2. The van der Waals surface area contributed by atoms with Gasteiger partial charge in [-0.15, -0.1) is 0 Å². The van der Waals surface area contributed by atoms with E-state index < -0.39 is 16.1 Å². The van der Waals surface area contributed by atoms with Crippen molar-refractivity contribution in [2.24, 2.45) is 0 Å². The van der Waals surface area contributed by atoms with Gasteiger partial charge in [0.05, 0.1) is 11.1 Å². The van der Waals surface area contributed by atoms with Crippen LogP contribution >= 0.6 is 0 Å². The summed E-state index contributed by atoms with van der Waals surface area (Å²) in [6, 6.07) is 4.50. The molecule has 1 saturated heterocycles. The molecule has 11 heteroatoms. The van der Waals surface area contributed by atoms with Crippen LogP contribution in [0.25, 0.3) is 0 Å². The van der Waals surface area contributed by atoms with Crippen molar-refractivity contribution in [3.05, 3.63) is 34.9 Å². The zero-order valence-corrected chi connectivity index (χ0v) is 18.1. The molecule has 0 atom stereocenters. The molecule has 0 bridgehead atoms. The minimum absolute atomic E-state index is 0.196. The highest BCUT2D eigenvalue weighted by Gasteiger charge is 2.36. The Morgan fingerprint density at radius 3 is 2.30 bits per heavy atom. The lowest BCUT2D eigenvalue weighted by molar-refractivity contribution is 0.0638. The van der Waals surface area contributed by atoms with Gasteiger partial charge < -0.3 is 9.64 Å². The van der Waals surface area contributed by atoms with Crippen molar-refractivity contribution >= 4 is 27.9 Å². The summed E-state index contributed by atoms with van der Waals surface area (Å²) >= 11 is 0. The Labute approximate surface area is 176 Å². The van der Waals surface area contributed by atoms with E-state index in [2.05, 4.69) is 0 Å². The highest BCUT2D eigenvalue weighted by molar-refractivity contribution is 7.86. The average Bonchev–Trinajstić information content (AvgIpc) is 2.97. The SMILES string of the molecule is COCCCN1C(=O)c2ccc(C(=O)N3CCN(S(=O)(=O)N(C)C)CC3)cc2C1=O. The number of benzene rings is 1. The summed E-state index contributed by atoms with van der Waals surface area (Å²) < 4.78 is 31.9. The molecule has 10 nitrogen and oxygen atoms in total. The van der Waals surface area contributed by atoms with Crippen LogP contribution in [-0.2, 0) is 14.9 Å². The number of carbonyl (C=O) groups excluding carboxylic acids is 3. The van der Waals surface area contributed by atoms with Crippen LogP contribution in [0, 0.1) is 0 Å². The van der Waals surface area contributed by atoms with Gasteiger partial charge in [0.25, 0.3) is 27.9 Å².